The van der Waals surface area contributed by atoms with Crippen molar-refractivity contribution in [3.05, 3.63) is 54.1 Å². The fourth-order valence-corrected chi connectivity index (χ4v) is 2.36. The molecule has 0 saturated heterocycles. The Labute approximate surface area is 140 Å². The van der Waals surface area contributed by atoms with Crippen molar-refractivity contribution >= 4 is 5.82 Å². The Morgan fingerprint density at radius 3 is 2.79 bits per heavy atom. The van der Waals surface area contributed by atoms with Crippen molar-refractivity contribution in [2.24, 2.45) is 0 Å². The molecule has 24 heavy (non-hydrogen) atoms. The van der Waals surface area contributed by atoms with Crippen LogP contribution in [0.5, 0.6) is 0 Å². The number of ether oxygens (including phenoxy) is 1. The van der Waals surface area contributed by atoms with Crippen LogP contribution in [0.1, 0.15) is 11.5 Å². The van der Waals surface area contributed by atoms with E-state index in [0.29, 0.717) is 25.5 Å². The van der Waals surface area contributed by atoms with Gasteiger partial charge < -0.3 is 10.1 Å². The molecule has 0 saturated carbocycles. The summed E-state index contributed by atoms with van der Waals surface area (Å²) >= 11 is 0. The first-order valence-corrected chi connectivity index (χ1v) is 7.77. The van der Waals surface area contributed by atoms with E-state index in [1.54, 1.807) is 7.11 Å². The van der Waals surface area contributed by atoms with E-state index in [2.05, 4.69) is 25.6 Å². The SMILES string of the molecule is COCc1nc(C)cc(NCCn2cc(-c3ccccc3)nn2)n1. The Morgan fingerprint density at radius 1 is 1.17 bits per heavy atom. The smallest absolute Gasteiger partial charge is 0.156 e. The lowest BCUT2D eigenvalue weighted by Crippen LogP contribution is -2.13. The average Bonchev–Trinajstić information content (AvgIpc) is 3.04. The first kappa shape index (κ1) is 16.1. The van der Waals surface area contributed by atoms with Crippen molar-refractivity contribution in [2.75, 3.05) is 19.0 Å². The van der Waals surface area contributed by atoms with Crippen LogP contribution in [0.25, 0.3) is 11.3 Å². The third-order valence-corrected chi connectivity index (χ3v) is 3.43. The number of hydrogen-bond acceptors (Lipinski definition) is 6. The molecule has 3 aromatic rings. The van der Waals surface area contributed by atoms with Crippen LogP contribution in [0.3, 0.4) is 0 Å². The minimum atomic E-state index is 0.403. The molecule has 0 aliphatic heterocycles. The molecule has 0 unspecified atom stereocenters. The van der Waals surface area contributed by atoms with Crippen molar-refractivity contribution in [2.45, 2.75) is 20.1 Å². The van der Waals surface area contributed by atoms with Gasteiger partial charge in [-0.05, 0) is 6.92 Å². The summed E-state index contributed by atoms with van der Waals surface area (Å²) in [5, 5.41) is 11.7. The van der Waals surface area contributed by atoms with Crippen LogP contribution in [-0.4, -0.2) is 38.6 Å². The van der Waals surface area contributed by atoms with Crippen molar-refractivity contribution < 1.29 is 4.74 Å². The van der Waals surface area contributed by atoms with Crippen LogP contribution in [0.4, 0.5) is 5.82 Å². The normalized spacial score (nSPS) is 10.8. The van der Waals surface area contributed by atoms with Gasteiger partial charge in [0.1, 0.15) is 18.1 Å². The Bertz CT molecular complexity index is 787. The van der Waals surface area contributed by atoms with E-state index < -0.39 is 0 Å². The van der Waals surface area contributed by atoms with Crippen LogP contribution < -0.4 is 5.32 Å². The molecule has 2 aromatic heterocycles. The maximum absolute atomic E-state index is 5.08. The zero-order chi connectivity index (χ0) is 16.8. The third kappa shape index (κ3) is 4.14. The van der Waals surface area contributed by atoms with Gasteiger partial charge in [0.25, 0.3) is 0 Å². The van der Waals surface area contributed by atoms with Crippen molar-refractivity contribution in [1.29, 1.82) is 0 Å². The molecule has 0 radical (unpaired) electrons. The molecule has 7 heteroatoms. The highest BCUT2D eigenvalue weighted by atomic mass is 16.5. The van der Waals surface area contributed by atoms with Gasteiger partial charge in [-0.3, -0.25) is 4.68 Å². The van der Waals surface area contributed by atoms with Crippen LogP contribution >= 0.6 is 0 Å². The first-order chi connectivity index (χ1) is 11.7. The largest absolute Gasteiger partial charge is 0.377 e. The summed E-state index contributed by atoms with van der Waals surface area (Å²) in [6.45, 7) is 3.73. The van der Waals surface area contributed by atoms with Gasteiger partial charge in [0.2, 0.25) is 0 Å². The van der Waals surface area contributed by atoms with Crippen molar-refractivity contribution in [1.82, 2.24) is 25.0 Å². The minimum absolute atomic E-state index is 0.403. The fourth-order valence-electron chi connectivity index (χ4n) is 2.36. The lowest BCUT2D eigenvalue weighted by Gasteiger charge is -2.08. The predicted octanol–water partition coefficient (Wildman–Crippen LogP) is 2.30. The molecule has 1 aromatic carbocycles. The second-order valence-electron chi connectivity index (χ2n) is 5.40. The van der Waals surface area contributed by atoms with Crippen molar-refractivity contribution in [3.63, 3.8) is 0 Å². The molecular weight excluding hydrogens is 304 g/mol. The molecule has 1 N–H and O–H groups in total. The Hall–Kier alpha value is -2.80. The second-order valence-corrected chi connectivity index (χ2v) is 5.40. The lowest BCUT2D eigenvalue weighted by molar-refractivity contribution is 0.177. The van der Waals surface area contributed by atoms with Gasteiger partial charge in [-0.1, -0.05) is 35.5 Å². The third-order valence-electron chi connectivity index (χ3n) is 3.43. The zero-order valence-corrected chi connectivity index (χ0v) is 13.8. The highest BCUT2D eigenvalue weighted by Gasteiger charge is 2.04. The number of hydrogen-bond donors (Lipinski definition) is 1. The molecular formula is C17H20N6O. The topological polar surface area (TPSA) is 77.8 Å². The number of nitrogens with one attached hydrogen (secondary N) is 1. The molecule has 124 valence electrons. The first-order valence-electron chi connectivity index (χ1n) is 7.77. The Kier molecular flexibility index (Phi) is 5.12. The van der Waals surface area contributed by atoms with Gasteiger partial charge >= 0.3 is 0 Å². The van der Waals surface area contributed by atoms with E-state index in [4.69, 9.17) is 4.74 Å². The fraction of sp³-hybridized carbons (Fsp3) is 0.294. The summed E-state index contributed by atoms with van der Waals surface area (Å²) in [5.74, 6) is 1.46. The highest BCUT2D eigenvalue weighted by Crippen LogP contribution is 2.14. The maximum Gasteiger partial charge on any atom is 0.156 e. The molecule has 0 bridgehead atoms. The number of aromatic nitrogens is 5. The maximum atomic E-state index is 5.08. The number of methoxy groups -OCH3 is 1. The van der Waals surface area contributed by atoms with E-state index in [1.165, 1.54) is 0 Å². The van der Waals surface area contributed by atoms with Crippen molar-refractivity contribution in [3.8, 4) is 11.3 Å². The molecule has 0 amide bonds. The number of benzene rings is 1. The van der Waals surface area contributed by atoms with Crippen LogP contribution in [0.2, 0.25) is 0 Å². The molecule has 7 nitrogen and oxygen atoms in total. The van der Waals surface area contributed by atoms with Crippen LogP contribution in [0.15, 0.2) is 42.6 Å². The standard InChI is InChI=1S/C17H20N6O/c1-13-10-16(20-17(19-13)12-24-2)18-8-9-23-11-15(21-22-23)14-6-4-3-5-7-14/h3-7,10-11H,8-9,12H2,1-2H3,(H,18,19,20). The molecule has 0 aliphatic rings. The number of anilines is 1. The quantitative estimate of drug-likeness (QED) is 0.718. The molecule has 0 fully saturated rings. The van der Waals surface area contributed by atoms with Gasteiger partial charge in [-0.15, -0.1) is 5.10 Å². The Balaban J connectivity index is 1.58. The van der Waals surface area contributed by atoms with E-state index in [-0.39, 0.29) is 0 Å². The van der Waals surface area contributed by atoms with Gasteiger partial charge in [0.15, 0.2) is 5.82 Å². The van der Waals surface area contributed by atoms with Gasteiger partial charge in [-0.2, -0.15) is 0 Å². The summed E-state index contributed by atoms with van der Waals surface area (Å²) in [5.41, 5.74) is 2.84. The van der Waals surface area contributed by atoms with Crippen LogP contribution in [-0.2, 0) is 17.9 Å². The second kappa shape index (κ2) is 7.65. The number of aryl methyl sites for hydroxylation is 1. The van der Waals surface area contributed by atoms with Gasteiger partial charge in [0.05, 0.1) is 12.7 Å². The van der Waals surface area contributed by atoms with Gasteiger partial charge in [-0.25, -0.2) is 9.97 Å². The summed E-state index contributed by atoms with van der Waals surface area (Å²) in [6.07, 6.45) is 1.94. The van der Waals surface area contributed by atoms with E-state index >= 15 is 0 Å². The predicted molar refractivity (Wildman–Crippen MR) is 91.4 cm³/mol. The molecule has 0 spiro atoms. The lowest BCUT2D eigenvalue weighted by atomic mass is 10.2. The summed E-state index contributed by atoms with van der Waals surface area (Å²) < 4.78 is 6.90. The minimum Gasteiger partial charge on any atom is -0.377 e. The Morgan fingerprint density at radius 2 is 2.00 bits per heavy atom. The average molecular weight is 324 g/mol. The summed E-state index contributed by atoms with van der Waals surface area (Å²) in [4.78, 5) is 8.74. The molecule has 0 atom stereocenters. The summed E-state index contributed by atoms with van der Waals surface area (Å²) in [7, 11) is 1.63. The molecule has 3 rings (SSSR count). The number of rotatable bonds is 7. The highest BCUT2D eigenvalue weighted by molar-refractivity contribution is 5.57. The van der Waals surface area contributed by atoms with Crippen LogP contribution in [0, 0.1) is 6.92 Å². The van der Waals surface area contributed by atoms with Gasteiger partial charge in [0, 0.05) is 31.0 Å². The van der Waals surface area contributed by atoms with E-state index in [1.807, 2.05) is 54.2 Å². The molecule has 0 aliphatic carbocycles. The van der Waals surface area contributed by atoms with E-state index in [9.17, 15) is 0 Å². The zero-order valence-electron chi connectivity index (χ0n) is 13.8. The monoisotopic (exact) mass is 324 g/mol. The molecule has 2 heterocycles. The summed E-state index contributed by atoms with van der Waals surface area (Å²) in [6, 6.07) is 11.9. The van der Waals surface area contributed by atoms with E-state index in [0.717, 1.165) is 22.8 Å². The number of nitrogens with zero attached hydrogens (tertiary/aromatic N) is 5.